The SMILES string of the molecule is [C-]#[N+]c1cc(C)ccc1-c1cc(-n2c3ccc(C)cc3c3cc(C)ccc32)c(-n2c3ccc(C)cc3c3cc(C)ccc32)cc1C#N.[C-]#[N+]c1ccc(-c2cc(-n3c4ccc(C)cc4c4cc(C)ccc43)c(-n3c4ccc(C)cc4c4cc(C)ccc43)cc2C#N)c(C)c1. The standard InChI is InChI=1S/2C43H32N4/c1-25-7-13-38-34(17-25)35-18-26(2)8-14-39(35)46(38)42-22-30(24-44)33(32-12-11-31(45-6)21-29(32)5)23-43(42)47-40-15-9-27(3)19-36(40)37-20-28(4)10-16-41(37)47;1-25-8-13-38-33(17-25)34-18-26(2)9-14-39(34)46(38)42-22-30(24-44)32(31-12-7-29(5)21-37(31)45-6)23-43(42)47-40-15-10-27(3)19-35(40)36-20-28(4)11-16-41(36)47/h2*7-23H,1-5H3. The molecular formula is C86H64N8. The monoisotopic (exact) mass is 1210 g/mol. The Bertz CT molecular complexity index is 5920. The third-order valence-corrected chi connectivity index (χ3v) is 18.9. The molecule has 94 heavy (non-hydrogen) atoms. The van der Waals surface area contributed by atoms with Crippen molar-refractivity contribution in [3.8, 4) is 57.1 Å². The summed E-state index contributed by atoms with van der Waals surface area (Å²) in [6.45, 7) is 36.6. The highest BCUT2D eigenvalue weighted by atomic mass is 15.1. The largest absolute Gasteiger partial charge is 0.307 e. The van der Waals surface area contributed by atoms with Gasteiger partial charge in [0.2, 0.25) is 0 Å². The second kappa shape index (κ2) is 22.3. The summed E-state index contributed by atoms with van der Waals surface area (Å²) < 4.78 is 9.36. The topological polar surface area (TPSA) is 76.0 Å². The van der Waals surface area contributed by atoms with Gasteiger partial charge in [-0.3, -0.25) is 0 Å². The average Bonchev–Trinajstić information content (AvgIpc) is 1.57. The molecular weight excluding hydrogens is 1150 g/mol. The van der Waals surface area contributed by atoms with Gasteiger partial charge in [0.05, 0.1) is 103 Å². The number of hydrogen-bond donors (Lipinski definition) is 0. The van der Waals surface area contributed by atoms with Crippen LogP contribution in [0, 0.1) is 105 Å². The zero-order chi connectivity index (χ0) is 65.1. The zero-order valence-corrected chi connectivity index (χ0v) is 54.2. The third-order valence-electron chi connectivity index (χ3n) is 18.9. The molecule has 8 nitrogen and oxygen atoms in total. The van der Waals surface area contributed by atoms with Gasteiger partial charge in [0.15, 0.2) is 11.4 Å². The van der Waals surface area contributed by atoms with Crippen molar-refractivity contribution in [3.63, 3.8) is 0 Å². The van der Waals surface area contributed by atoms with Crippen LogP contribution in [0.5, 0.6) is 0 Å². The van der Waals surface area contributed by atoms with Crippen LogP contribution in [0.3, 0.4) is 0 Å². The van der Waals surface area contributed by atoms with Crippen molar-refractivity contribution in [1.29, 1.82) is 10.5 Å². The van der Waals surface area contributed by atoms with Crippen LogP contribution >= 0.6 is 0 Å². The minimum atomic E-state index is 0.527. The molecule has 12 aromatic carbocycles. The maximum Gasteiger partial charge on any atom is 0.195 e. The number of hydrogen-bond acceptors (Lipinski definition) is 2. The highest BCUT2D eigenvalue weighted by Gasteiger charge is 2.26. The highest BCUT2D eigenvalue weighted by Crippen LogP contribution is 2.46. The summed E-state index contributed by atoms with van der Waals surface area (Å²) in [5, 5.41) is 30.9. The van der Waals surface area contributed by atoms with Crippen molar-refractivity contribution in [2.24, 2.45) is 0 Å². The fraction of sp³-hybridized carbons (Fsp3) is 0.116. The summed E-state index contributed by atoms with van der Waals surface area (Å²) in [4.78, 5) is 7.54. The maximum absolute atomic E-state index is 10.7. The summed E-state index contributed by atoms with van der Waals surface area (Å²) in [6.07, 6.45) is 0. The van der Waals surface area contributed by atoms with Gasteiger partial charge in [-0.25, -0.2) is 9.69 Å². The van der Waals surface area contributed by atoms with Gasteiger partial charge in [0.1, 0.15) is 0 Å². The Hall–Kier alpha value is -12.2. The molecule has 448 valence electrons. The summed E-state index contributed by atoms with van der Waals surface area (Å²) in [5.74, 6) is 0. The Morgan fingerprint density at radius 3 is 0.787 bits per heavy atom. The van der Waals surface area contributed by atoms with Crippen LogP contribution in [-0.4, -0.2) is 18.3 Å². The Morgan fingerprint density at radius 2 is 0.521 bits per heavy atom. The van der Waals surface area contributed by atoms with E-state index in [0.717, 1.165) is 100 Å². The number of nitrogens with zero attached hydrogens (tertiary/aromatic N) is 8. The second-order valence-corrected chi connectivity index (χ2v) is 25.7. The Kier molecular flexibility index (Phi) is 13.8. The smallest absolute Gasteiger partial charge is 0.195 e. The first-order chi connectivity index (χ1) is 45.5. The molecule has 0 atom stereocenters. The number of aromatic nitrogens is 4. The number of nitriles is 2. The molecule has 0 aliphatic carbocycles. The first kappa shape index (κ1) is 58.2. The first-order valence-corrected chi connectivity index (χ1v) is 31.7. The maximum atomic E-state index is 10.7. The summed E-state index contributed by atoms with van der Waals surface area (Å²) in [6, 6.07) is 78.2. The van der Waals surface area contributed by atoms with Gasteiger partial charge in [-0.15, -0.1) is 0 Å². The molecule has 16 rings (SSSR count). The minimum absolute atomic E-state index is 0.527. The van der Waals surface area contributed by atoms with Crippen LogP contribution in [0.1, 0.15) is 66.8 Å². The molecule has 0 aliphatic heterocycles. The molecule has 0 N–H and O–H groups in total. The molecule has 8 heteroatoms. The van der Waals surface area contributed by atoms with Crippen molar-refractivity contribution >= 4 is 98.6 Å². The van der Waals surface area contributed by atoms with Crippen LogP contribution in [0.2, 0.25) is 0 Å². The van der Waals surface area contributed by atoms with E-state index in [-0.39, 0.29) is 0 Å². The van der Waals surface area contributed by atoms with Crippen LogP contribution in [0.25, 0.3) is 142 Å². The van der Waals surface area contributed by atoms with E-state index in [9.17, 15) is 10.5 Å². The average molecular weight is 1210 g/mol. The zero-order valence-electron chi connectivity index (χ0n) is 54.2. The molecule has 0 unspecified atom stereocenters. The summed E-state index contributed by atoms with van der Waals surface area (Å²) in [5.41, 5.74) is 29.7. The number of fused-ring (bicyclic) bond motifs is 12. The van der Waals surface area contributed by atoms with E-state index in [4.69, 9.17) is 13.1 Å². The highest BCUT2D eigenvalue weighted by molar-refractivity contribution is 6.14. The van der Waals surface area contributed by atoms with Gasteiger partial charge >= 0.3 is 0 Å². The van der Waals surface area contributed by atoms with Crippen LogP contribution in [-0.2, 0) is 0 Å². The van der Waals surface area contributed by atoms with E-state index in [1.807, 2.05) is 56.3 Å². The predicted octanol–water partition coefficient (Wildman–Crippen LogP) is 23.0. The Morgan fingerprint density at radius 1 is 0.266 bits per heavy atom. The van der Waals surface area contributed by atoms with Crippen molar-refractivity contribution in [2.75, 3.05) is 0 Å². The van der Waals surface area contributed by atoms with E-state index in [2.05, 4.69) is 259 Å². The number of rotatable bonds is 6. The van der Waals surface area contributed by atoms with Crippen molar-refractivity contribution in [3.05, 3.63) is 296 Å². The first-order valence-electron chi connectivity index (χ1n) is 31.7. The van der Waals surface area contributed by atoms with Gasteiger partial charge in [0, 0.05) is 48.7 Å². The molecule has 4 aromatic heterocycles. The van der Waals surface area contributed by atoms with Gasteiger partial charge in [-0.05, 0) is 207 Å². The Balaban J connectivity index is 0.000000155. The van der Waals surface area contributed by atoms with Crippen LogP contribution < -0.4 is 0 Å². The molecule has 0 aliphatic rings. The third kappa shape index (κ3) is 9.38. The lowest BCUT2D eigenvalue weighted by Crippen LogP contribution is -2.06. The predicted molar refractivity (Wildman–Crippen MR) is 390 cm³/mol. The molecule has 4 heterocycles. The van der Waals surface area contributed by atoms with E-state index in [0.29, 0.717) is 22.5 Å². The van der Waals surface area contributed by atoms with E-state index >= 15 is 0 Å². The fourth-order valence-electron chi connectivity index (χ4n) is 14.5. The van der Waals surface area contributed by atoms with Crippen LogP contribution in [0.4, 0.5) is 11.4 Å². The van der Waals surface area contributed by atoms with Gasteiger partial charge < -0.3 is 18.3 Å². The lowest BCUT2D eigenvalue weighted by atomic mass is 9.94. The minimum Gasteiger partial charge on any atom is -0.307 e. The van der Waals surface area contributed by atoms with Gasteiger partial charge in [-0.1, -0.05) is 141 Å². The van der Waals surface area contributed by atoms with E-state index in [1.54, 1.807) is 0 Å². The van der Waals surface area contributed by atoms with Crippen molar-refractivity contribution < 1.29 is 0 Å². The lowest BCUT2D eigenvalue weighted by Gasteiger charge is -2.20. The summed E-state index contributed by atoms with van der Waals surface area (Å²) in [7, 11) is 0. The molecule has 0 spiro atoms. The number of aryl methyl sites for hydroxylation is 10. The van der Waals surface area contributed by atoms with Crippen molar-refractivity contribution in [1.82, 2.24) is 18.3 Å². The van der Waals surface area contributed by atoms with Gasteiger partial charge in [0.25, 0.3) is 0 Å². The lowest BCUT2D eigenvalue weighted by molar-refractivity contribution is 1.09. The fourth-order valence-corrected chi connectivity index (χ4v) is 14.5. The van der Waals surface area contributed by atoms with Crippen LogP contribution in [0.15, 0.2) is 206 Å². The number of benzene rings is 12. The Labute approximate surface area is 546 Å². The molecule has 0 saturated heterocycles. The van der Waals surface area contributed by atoms with Crippen molar-refractivity contribution in [2.45, 2.75) is 69.2 Å². The quantitative estimate of drug-likeness (QED) is 0.156. The van der Waals surface area contributed by atoms with E-state index in [1.165, 1.54) is 87.6 Å². The normalized spacial score (nSPS) is 11.5. The summed E-state index contributed by atoms with van der Waals surface area (Å²) >= 11 is 0. The molecule has 0 amide bonds. The van der Waals surface area contributed by atoms with Gasteiger partial charge in [-0.2, -0.15) is 10.5 Å². The van der Waals surface area contributed by atoms with E-state index < -0.39 is 0 Å². The molecule has 16 aromatic rings. The molecule has 0 fully saturated rings. The molecule has 0 radical (unpaired) electrons. The molecule has 0 bridgehead atoms. The second-order valence-electron chi connectivity index (χ2n) is 25.7. The molecule has 0 saturated carbocycles.